The number of nitrogens with two attached hydrogens (primary N) is 1. The van der Waals surface area contributed by atoms with Crippen molar-refractivity contribution in [3.63, 3.8) is 0 Å². The van der Waals surface area contributed by atoms with Gasteiger partial charge in [-0.3, -0.25) is 0 Å². The maximum atomic E-state index is 5.97. The third kappa shape index (κ3) is 2.57. The SMILES string of the molecule is N[C@@H]1CCC[C@H]1Nc1ccc(Cl)c(Cl)c1. The van der Waals surface area contributed by atoms with Crippen molar-refractivity contribution in [1.82, 2.24) is 0 Å². The highest BCUT2D eigenvalue weighted by molar-refractivity contribution is 6.42. The molecule has 2 nitrogen and oxygen atoms in total. The number of nitrogens with one attached hydrogen (secondary N) is 1. The first-order chi connectivity index (χ1) is 7.16. The van der Waals surface area contributed by atoms with E-state index in [4.69, 9.17) is 28.9 Å². The van der Waals surface area contributed by atoms with Crippen LogP contribution in [-0.4, -0.2) is 12.1 Å². The minimum Gasteiger partial charge on any atom is -0.381 e. The predicted octanol–water partition coefficient (Wildman–Crippen LogP) is 3.29. The minimum absolute atomic E-state index is 0.249. The van der Waals surface area contributed by atoms with Gasteiger partial charge in [-0.1, -0.05) is 23.2 Å². The van der Waals surface area contributed by atoms with E-state index in [9.17, 15) is 0 Å². The van der Waals surface area contributed by atoms with Crippen LogP contribution in [0.3, 0.4) is 0 Å². The third-order valence-corrected chi connectivity index (χ3v) is 3.58. The molecule has 0 amide bonds. The molecule has 2 atom stereocenters. The molecule has 1 aromatic rings. The summed E-state index contributed by atoms with van der Waals surface area (Å²) >= 11 is 11.8. The number of rotatable bonds is 2. The molecule has 1 saturated carbocycles. The Morgan fingerprint density at radius 2 is 2.00 bits per heavy atom. The molecule has 1 fully saturated rings. The van der Waals surface area contributed by atoms with E-state index in [1.54, 1.807) is 6.07 Å². The average Bonchev–Trinajstić information content (AvgIpc) is 2.59. The summed E-state index contributed by atoms with van der Waals surface area (Å²) in [5.41, 5.74) is 6.97. The van der Waals surface area contributed by atoms with Crippen LogP contribution in [-0.2, 0) is 0 Å². The Hall–Kier alpha value is -0.440. The lowest BCUT2D eigenvalue weighted by molar-refractivity contribution is 0.638. The summed E-state index contributed by atoms with van der Waals surface area (Å²) in [6.07, 6.45) is 3.42. The first-order valence-corrected chi connectivity index (χ1v) is 5.89. The van der Waals surface area contributed by atoms with Gasteiger partial charge in [-0.25, -0.2) is 0 Å². The van der Waals surface area contributed by atoms with Crippen molar-refractivity contribution in [2.75, 3.05) is 5.32 Å². The van der Waals surface area contributed by atoms with Crippen molar-refractivity contribution < 1.29 is 0 Å². The minimum atomic E-state index is 0.249. The number of halogens is 2. The fourth-order valence-electron chi connectivity index (χ4n) is 1.97. The molecule has 4 heteroatoms. The van der Waals surface area contributed by atoms with E-state index in [1.807, 2.05) is 12.1 Å². The highest BCUT2D eigenvalue weighted by Crippen LogP contribution is 2.27. The molecule has 1 aromatic carbocycles. The van der Waals surface area contributed by atoms with Crippen LogP contribution in [0.5, 0.6) is 0 Å². The number of benzene rings is 1. The molecule has 0 bridgehead atoms. The van der Waals surface area contributed by atoms with Gasteiger partial charge in [0.15, 0.2) is 0 Å². The Labute approximate surface area is 99.7 Å². The van der Waals surface area contributed by atoms with Crippen LogP contribution in [0.15, 0.2) is 18.2 Å². The van der Waals surface area contributed by atoms with Gasteiger partial charge in [0, 0.05) is 17.8 Å². The Balaban J connectivity index is 2.07. The zero-order chi connectivity index (χ0) is 10.8. The van der Waals surface area contributed by atoms with Gasteiger partial charge in [-0.15, -0.1) is 0 Å². The van der Waals surface area contributed by atoms with E-state index in [2.05, 4.69) is 5.32 Å². The molecule has 1 aliphatic rings. The molecule has 0 unspecified atom stereocenters. The van der Waals surface area contributed by atoms with Gasteiger partial charge in [0.2, 0.25) is 0 Å². The number of hydrogen-bond donors (Lipinski definition) is 2. The predicted molar refractivity (Wildman–Crippen MR) is 65.7 cm³/mol. The molecule has 3 N–H and O–H groups in total. The molecule has 15 heavy (non-hydrogen) atoms. The van der Waals surface area contributed by atoms with Crippen LogP contribution < -0.4 is 11.1 Å². The smallest absolute Gasteiger partial charge is 0.0612 e. The topological polar surface area (TPSA) is 38.0 Å². The van der Waals surface area contributed by atoms with Crippen molar-refractivity contribution in [1.29, 1.82) is 0 Å². The maximum absolute atomic E-state index is 5.97. The van der Waals surface area contributed by atoms with Gasteiger partial charge in [-0.2, -0.15) is 0 Å². The van der Waals surface area contributed by atoms with Crippen molar-refractivity contribution in [3.05, 3.63) is 28.2 Å². The lowest BCUT2D eigenvalue weighted by Crippen LogP contribution is -2.35. The zero-order valence-corrected chi connectivity index (χ0v) is 9.85. The van der Waals surface area contributed by atoms with Gasteiger partial charge in [0.1, 0.15) is 0 Å². The largest absolute Gasteiger partial charge is 0.381 e. The van der Waals surface area contributed by atoms with Crippen LogP contribution in [0.25, 0.3) is 0 Å². The van der Waals surface area contributed by atoms with E-state index in [0.717, 1.165) is 18.5 Å². The quantitative estimate of drug-likeness (QED) is 0.839. The second kappa shape index (κ2) is 4.60. The Morgan fingerprint density at radius 3 is 2.60 bits per heavy atom. The molecular formula is C11H14Cl2N2. The van der Waals surface area contributed by atoms with Crippen LogP contribution >= 0.6 is 23.2 Å². The van der Waals surface area contributed by atoms with Crippen molar-refractivity contribution >= 4 is 28.9 Å². The van der Waals surface area contributed by atoms with Crippen molar-refractivity contribution in [3.8, 4) is 0 Å². The van der Waals surface area contributed by atoms with Gasteiger partial charge in [0.05, 0.1) is 10.0 Å². The molecule has 0 aromatic heterocycles. The highest BCUT2D eigenvalue weighted by Gasteiger charge is 2.23. The molecule has 0 aliphatic heterocycles. The lowest BCUT2D eigenvalue weighted by atomic mass is 10.2. The van der Waals surface area contributed by atoms with Crippen molar-refractivity contribution in [2.45, 2.75) is 31.3 Å². The van der Waals surface area contributed by atoms with Gasteiger partial charge in [-0.05, 0) is 37.5 Å². The molecule has 0 spiro atoms. The van der Waals surface area contributed by atoms with Crippen LogP contribution in [0.2, 0.25) is 10.0 Å². The summed E-state index contributed by atoms with van der Waals surface area (Å²) in [6.45, 7) is 0. The fourth-order valence-corrected chi connectivity index (χ4v) is 2.27. The zero-order valence-electron chi connectivity index (χ0n) is 8.34. The fraction of sp³-hybridized carbons (Fsp3) is 0.455. The molecule has 0 saturated heterocycles. The Kier molecular flexibility index (Phi) is 3.39. The van der Waals surface area contributed by atoms with E-state index < -0.39 is 0 Å². The van der Waals surface area contributed by atoms with Crippen molar-refractivity contribution in [2.24, 2.45) is 5.73 Å². The van der Waals surface area contributed by atoms with Gasteiger partial charge in [0.25, 0.3) is 0 Å². The summed E-state index contributed by atoms with van der Waals surface area (Å²) in [5, 5.41) is 4.55. The molecular weight excluding hydrogens is 231 g/mol. The van der Waals surface area contributed by atoms with E-state index in [0.29, 0.717) is 16.1 Å². The van der Waals surface area contributed by atoms with Crippen LogP contribution in [0.4, 0.5) is 5.69 Å². The molecule has 2 rings (SSSR count). The van der Waals surface area contributed by atoms with Crippen LogP contribution in [0, 0.1) is 0 Å². The number of hydrogen-bond acceptors (Lipinski definition) is 2. The molecule has 0 radical (unpaired) electrons. The lowest BCUT2D eigenvalue weighted by Gasteiger charge is -2.18. The summed E-state index contributed by atoms with van der Waals surface area (Å²) in [4.78, 5) is 0. The molecule has 1 aliphatic carbocycles. The standard InChI is InChI=1S/C11H14Cl2N2/c12-8-5-4-7(6-9(8)13)15-11-3-1-2-10(11)14/h4-6,10-11,15H,1-3,14H2/t10-,11-/m1/s1. The number of anilines is 1. The van der Waals surface area contributed by atoms with Gasteiger partial charge >= 0.3 is 0 Å². The van der Waals surface area contributed by atoms with E-state index in [1.165, 1.54) is 6.42 Å². The third-order valence-electron chi connectivity index (χ3n) is 2.84. The Morgan fingerprint density at radius 1 is 1.20 bits per heavy atom. The first kappa shape index (κ1) is 11.1. The highest BCUT2D eigenvalue weighted by atomic mass is 35.5. The second-order valence-electron chi connectivity index (χ2n) is 3.97. The normalized spacial score (nSPS) is 25.5. The van der Waals surface area contributed by atoms with Crippen LogP contribution in [0.1, 0.15) is 19.3 Å². The first-order valence-electron chi connectivity index (χ1n) is 5.14. The average molecular weight is 245 g/mol. The van der Waals surface area contributed by atoms with E-state index >= 15 is 0 Å². The summed E-state index contributed by atoms with van der Waals surface area (Å²) < 4.78 is 0. The summed E-state index contributed by atoms with van der Waals surface area (Å²) in [6, 6.07) is 6.18. The van der Waals surface area contributed by atoms with Gasteiger partial charge < -0.3 is 11.1 Å². The summed E-state index contributed by atoms with van der Waals surface area (Å²) in [5.74, 6) is 0. The molecule has 82 valence electrons. The maximum Gasteiger partial charge on any atom is 0.0612 e. The summed E-state index contributed by atoms with van der Waals surface area (Å²) in [7, 11) is 0. The monoisotopic (exact) mass is 244 g/mol. The van der Waals surface area contributed by atoms with E-state index in [-0.39, 0.29) is 6.04 Å². The Bertz CT molecular complexity index is 354. The second-order valence-corrected chi connectivity index (χ2v) is 4.79. The molecule has 0 heterocycles.